The Bertz CT molecular complexity index is 330. The van der Waals surface area contributed by atoms with Crippen molar-refractivity contribution >= 4 is 39.9 Å². The quantitative estimate of drug-likeness (QED) is 0.861. The SMILES string of the molecule is CCS(=O)Nc1ccc(Cl)cc1Cl. The summed E-state index contributed by atoms with van der Waals surface area (Å²) in [5.41, 5.74) is 0.645. The molecule has 1 N–H and O–H groups in total. The van der Waals surface area contributed by atoms with Crippen LogP contribution in [0.2, 0.25) is 10.0 Å². The third kappa shape index (κ3) is 3.18. The molecule has 2 nitrogen and oxygen atoms in total. The fourth-order valence-corrected chi connectivity index (χ4v) is 1.85. The van der Waals surface area contributed by atoms with Crippen LogP contribution in [0.1, 0.15) is 6.92 Å². The number of benzene rings is 1. The van der Waals surface area contributed by atoms with Crippen LogP contribution < -0.4 is 4.72 Å². The van der Waals surface area contributed by atoms with Crippen molar-refractivity contribution in [3.63, 3.8) is 0 Å². The summed E-state index contributed by atoms with van der Waals surface area (Å²) >= 11 is 11.5. The van der Waals surface area contributed by atoms with Gasteiger partial charge in [-0.25, -0.2) is 4.21 Å². The van der Waals surface area contributed by atoms with Crippen LogP contribution in [0, 0.1) is 0 Å². The van der Waals surface area contributed by atoms with E-state index >= 15 is 0 Å². The van der Waals surface area contributed by atoms with Gasteiger partial charge in [0.15, 0.2) is 0 Å². The average molecular weight is 238 g/mol. The Labute approximate surface area is 89.8 Å². The number of nitrogens with one attached hydrogen (secondary N) is 1. The second-order valence-corrected chi connectivity index (χ2v) is 4.68. The normalized spacial score (nSPS) is 12.5. The maximum atomic E-state index is 11.1. The van der Waals surface area contributed by atoms with Crippen molar-refractivity contribution in [2.75, 3.05) is 10.5 Å². The lowest BCUT2D eigenvalue weighted by atomic mass is 10.3. The fraction of sp³-hybridized carbons (Fsp3) is 0.250. The lowest BCUT2D eigenvalue weighted by Crippen LogP contribution is -2.06. The van der Waals surface area contributed by atoms with E-state index in [1.54, 1.807) is 18.2 Å². The summed E-state index contributed by atoms with van der Waals surface area (Å²) in [6.45, 7) is 1.83. The second kappa shape index (κ2) is 4.84. The summed E-state index contributed by atoms with van der Waals surface area (Å²) in [4.78, 5) is 0. The first kappa shape index (κ1) is 10.8. The van der Waals surface area contributed by atoms with Crippen molar-refractivity contribution in [1.82, 2.24) is 0 Å². The first-order chi connectivity index (χ1) is 6.13. The molecule has 1 atom stereocenters. The van der Waals surface area contributed by atoms with Crippen molar-refractivity contribution < 1.29 is 4.21 Å². The summed E-state index contributed by atoms with van der Waals surface area (Å²) < 4.78 is 13.9. The monoisotopic (exact) mass is 237 g/mol. The third-order valence-electron chi connectivity index (χ3n) is 1.42. The number of hydrogen-bond donors (Lipinski definition) is 1. The van der Waals surface area contributed by atoms with Crippen LogP contribution in [0.15, 0.2) is 18.2 Å². The van der Waals surface area contributed by atoms with Gasteiger partial charge in [-0.05, 0) is 18.2 Å². The van der Waals surface area contributed by atoms with Crippen LogP contribution in [0.4, 0.5) is 5.69 Å². The topological polar surface area (TPSA) is 29.1 Å². The molecule has 0 amide bonds. The van der Waals surface area contributed by atoms with Gasteiger partial charge in [-0.1, -0.05) is 30.1 Å². The Hall–Kier alpha value is -0.250. The molecule has 0 aliphatic heterocycles. The lowest BCUT2D eigenvalue weighted by molar-refractivity contribution is 0.687. The Balaban J connectivity index is 2.83. The highest BCUT2D eigenvalue weighted by atomic mass is 35.5. The van der Waals surface area contributed by atoms with Gasteiger partial charge >= 0.3 is 0 Å². The molecule has 0 heterocycles. The molecule has 0 spiro atoms. The summed E-state index contributed by atoms with van der Waals surface area (Å²) in [6, 6.07) is 5.01. The van der Waals surface area contributed by atoms with Gasteiger partial charge in [0.2, 0.25) is 0 Å². The molecular formula is C8H9Cl2NOS. The van der Waals surface area contributed by atoms with Gasteiger partial charge < -0.3 is 4.72 Å². The van der Waals surface area contributed by atoms with Gasteiger partial charge in [-0.3, -0.25) is 0 Å². The molecule has 0 bridgehead atoms. The zero-order valence-electron chi connectivity index (χ0n) is 7.01. The van der Waals surface area contributed by atoms with Crippen molar-refractivity contribution in [2.45, 2.75) is 6.92 Å². The number of halogens is 2. The fourth-order valence-electron chi connectivity index (χ4n) is 0.767. The minimum atomic E-state index is -1.07. The molecule has 1 aromatic rings. The van der Waals surface area contributed by atoms with E-state index in [2.05, 4.69) is 4.72 Å². The molecule has 13 heavy (non-hydrogen) atoms. The van der Waals surface area contributed by atoms with Gasteiger partial charge in [0.25, 0.3) is 0 Å². The highest BCUT2D eigenvalue weighted by Crippen LogP contribution is 2.25. The standard InChI is InChI=1S/C8H9Cl2NOS/c1-2-13(12)11-8-4-3-6(9)5-7(8)10/h3-5,11H,2H2,1H3. The van der Waals surface area contributed by atoms with Crippen molar-refractivity contribution in [2.24, 2.45) is 0 Å². The second-order valence-electron chi connectivity index (χ2n) is 2.36. The van der Waals surface area contributed by atoms with Crippen molar-refractivity contribution in [3.8, 4) is 0 Å². The summed E-state index contributed by atoms with van der Waals surface area (Å²) in [7, 11) is -1.07. The van der Waals surface area contributed by atoms with E-state index in [1.165, 1.54) is 0 Å². The molecule has 0 saturated carbocycles. The lowest BCUT2D eigenvalue weighted by Gasteiger charge is -2.05. The molecule has 1 aromatic carbocycles. The van der Waals surface area contributed by atoms with Crippen molar-refractivity contribution in [1.29, 1.82) is 0 Å². The van der Waals surface area contributed by atoms with E-state index in [0.29, 0.717) is 21.5 Å². The third-order valence-corrected chi connectivity index (χ3v) is 2.94. The van der Waals surface area contributed by atoms with E-state index in [4.69, 9.17) is 23.2 Å². The maximum Gasteiger partial charge on any atom is 0.116 e. The molecule has 0 radical (unpaired) electrons. The van der Waals surface area contributed by atoms with E-state index in [9.17, 15) is 4.21 Å². The maximum absolute atomic E-state index is 11.1. The van der Waals surface area contributed by atoms with E-state index < -0.39 is 11.0 Å². The molecule has 0 aliphatic rings. The molecular weight excluding hydrogens is 229 g/mol. The largest absolute Gasteiger partial charge is 0.304 e. The van der Waals surface area contributed by atoms with E-state index in [-0.39, 0.29) is 0 Å². The van der Waals surface area contributed by atoms with Gasteiger partial charge in [0.1, 0.15) is 11.0 Å². The Morgan fingerprint density at radius 2 is 2.15 bits per heavy atom. The van der Waals surface area contributed by atoms with Crippen molar-refractivity contribution in [3.05, 3.63) is 28.2 Å². The average Bonchev–Trinajstić information content (AvgIpc) is 2.09. The molecule has 72 valence electrons. The predicted molar refractivity (Wildman–Crippen MR) is 58.8 cm³/mol. The van der Waals surface area contributed by atoms with Crippen LogP contribution >= 0.6 is 23.2 Å². The number of rotatable bonds is 3. The zero-order chi connectivity index (χ0) is 9.84. The summed E-state index contributed by atoms with van der Waals surface area (Å²) in [6.07, 6.45) is 0. The van der Waals surface area contributed by atoms with Gasteiger partial charge in [-0.15, -0.1) is 0 Å². The highest BCUT2D eigenvalue weighted by molar-refractivity contribution is 7.86. The van der Waals surface area contributed by atoms with Crippen LogP contribution in [-0.4, -0.2) is 9.96 Å². The minimum absolute atomic E-state index is 0.481. The van der Waals surface area contributed by atoms with Gasteiger partial charge in [-0.2, -0.15) is 0 Å². The molecule has 0 aliphatic carbocycles. The Morgan fingerprint density at radius 1 is 1.46 bits per heavy atom. The highest BCUT2D eigenvalue weighted by Gasteiger charge is 2.02. The molecule has 0 saturated heterocycles. The van der Waals surface area contributed by atoms with Gasteiger partial charge in [0, 0.05) is 10.8 Å². The van der Waals surface area contributed by atoms with Crippen LogP contribution in [0.3, 0.4) is 0 Å². The van der Waals surface area contributed by atoms with Crippen LogP contribution in [0.25, 0.3) is 0 Å². The number of hydrogen-bond acceptors (Lipinski definition) is 1. The Kier molecular flexibility index (Phi) is 4.03. The number of anilines is 1. The van der Waals surface area contributed by atoms with E-state index in [0.717, 1.165) is 0 Å². The van der Waals surface area contributed by atoms with Crippen LogP contribution in [0.5, 0.6) is 0 Å². The van der Waals surface area contributed by atoms with Crippen LogP contribution in [-0.2, 0) is 11.0 Å². The summed E-state index contributed by atoms with van der Waals surface area (Å²) in [5.74, 6) is 0.541. The molecule has 5 heteroatoms. The smallest absolute Gasteiger partial charge is 0.116 e. The molecule has 0 fully saturated rings. The van der Waals surface area contributed by atoms with Gasteiger partial charge in [0.05, 0.1) is 10.7 Å². The molecule has 1 unspecified atom stereocenters. The summed E-state index contributed by atoms with van der Waals surface area (Å²) in [5, 5.41) is 1.05. The Morgan fingerprint density at radius 3 is 2.69 bits per heavy atom. The predicted octanol–water partition coefficient (Wildman–Crippen LogP) is 3.09. The minimum Gasteiger partial charge on any atom is -0.304 e. The first-order valence-electron chi connectivity index (χ1n) is 3.73. The first-order valence-corrected chi connectivity index (χ1v) is 5.81. The zero-order valence-corrected chi connectivity index (χ0v) is 9.34. The molecule has 0 aromatic heterocycles. The molecule has 1 rings (SSSR count). The van der Waals surface area contributed by atoms with E-state index in [1.807, 2.05) is 6.92 Å².